The van der Waals surface area contributed by atoms with Crippen LogP contribution in [-0.4, -0.2) is 56.8 Å². The Bertz CT molecular complexity index is 1260. The van der Waals surface area contributed by atoms with Crippen LogP contribution in [0.15, 0.2) is 68.7 Å². The Morgan fingerprint density at radius 3 is 2.42 bits per heavy atom. The van der Waals surface area contributed by atoms with Crippen LogP contribution in [-0.2, 0) is 16.6 Å². The van der Waals surface area contributed by atoms with E-state index in [-0.39, 0.29) is 17.0 Å². The van der Waals surface area contributed by atoms with E-state index in [4.69, 9.17) is 4.42 Å². The van der Waals surface area contributed by atoms with E-state index in [1.165, 1.54) is 10.4 Å². The first-order chi connectivity index (χ1) is 14.8. The molecule has 1 N–H and O–H groups in total. The number of piperazine rings is 1. The lowest BCUT2D eigenvalue weighted by Crippen LogP contribution is -2.47. The Morgan fingerprint density at radius 1 is 1.03 bits per heavy atom. The number of rotatable bonds is 5. The van der Waals surface area contributed by atoms with Crippen LogP contribution in [0.3, 0.4) is 0 Å². The minimum Gasteiger partial charge on any atom is -0.422 e. The van der Waals surface area contributed by atoms with E-state index >= 15 is 0 Å². The molecule has 31 heavy (non-hydrogen) atoms. The van der Waals surface area contributed by atoms with Gasteiger partial charge in [0, 0.05) is 38.1 Å². The fourth-order valence-corrected chi connectivity index (χ4v) is 4.88. The van der Waals surface area contributed by atoms with Gasteiger partial charge in [-0.15, -0.1) is 0 Å². The van der Waals surface area contributed by atoms with Crippen molar-refractivity contribution in [3.63, 3.8) is 0 Å². The number of hydrogen-bond donors (Lipinski definition) is 1. The van der Waals surface area contributed by atoms with Crippen LogP contribution in [0.25, 0.3) is 11.0 Å². The molecule has 1 amide bonds. The van der Waals surface area contributed by atoms with Crippen LogP contribution in [0.4, 0.5) is 0 Å². The normalized spacial score (nSPS) is 15.8. The molecule has 0 saturated carbocycles. The lowest BCUT2D eigenvalue weighted by molar-refractivity contribution is 0.0947. The summed E-state index contributed by atoms with van der Waals surface area (Å²) < 4.78 is 32.3. The van der Waals surface area contributed by atoms with Crippen LogP contribution in [0.2, 0.25) is 0 Å². The van der Waals surface area contributed by atoms with Crippen LogP contribution < -0.4 is 10.9 Å². The first kappa shape index (κ1) is 21.2. The zero-order valence-electron chi connectivity index (χ0n) is 17.1. The maximum Gasteiger partial charge on any atom is 0.349 e. The summed E-state index contributed by atoms with van der Waals surface area (Å²) in [6.45, 7) is 2.48. The molecule has 1 fully saturated rings. The van der Waals surface area contributed by atoms with E-state index in [2.05, 4.69) is 10.2 Å². The van der Waals surface area contributed by atoms with Gasteiger partial charge in [-0.1, -0.05) is 30.3 Å². The molecule has 3 aromatic rings. The summed E-state index contributed by atoms with van der Waals surface area (Å²) in [5, 5.41) is 3.34. The lowest BCUT2D eigenvalue weighted by Gasteiger charge is -2.31. The highest BCUT2D eigenvalue weighted by Gasteiger charge is 2.27. The van der Waals surface area contributed by atoms with Crippen LogP contribution in [0.5, 0.6) is 0 Å². The highest BCUT2D eigenvalue weighted by atomic mass is 32.2. The van der Waals surface area contributed by atoms with Gasteiger partial charge in [0.25, 0.3) is 5.91 Å². The summed E-state index contributed by atoms with van der Waals surface area (Å²) in [5.41, 5.74) is 0.356. The second-order valence-electron chi connectivity index (χ2n) is 7.52. The molecule has 0 atom stereocenters. The maximum atomic E-state index is 12.8. The number of benzene rings is 2. The number of carbonyl (C=O) groups is 1. The first-order valence-corrected chi connectivity index (χ1v) is 11.4. The van der Waals surface area contributed by atoms with Gasteiger partial charge in [0.2, 0.25) is 10.0 Å². The smallest absolute Gasteiger partial charge is 0.349 e. The molecular formula is C22H23N3O5S. The second-order valence-corrected chi connectivity index (χ2v) is 9.46. The van der Waals surface area contributed by atoms with Gasteiger partial charge in [-0.3, -0.25) is 4.79 Å². The quantitative estimate of drug-likeness (QED) is 0.605. The monoisotopic (exact) mass is 441 g/mol. The summed E-state index contributed by atoms with van der Waals surface area (Å²) in [6, 6.07) is 14.9. The molecule has 9 heteroatoms. The van der Waals surface area contributed by atoms with Gasteiger partial charge in [0.05, 0.1) is 4.90 Å². The van der Waals surface area contributed by atoms with E-state index in [9.17, 15) is 18.0 Å². The van der Waals surface area contributed by atoms with Crippen LogP contribution >= 0.6 is 0 Å². The van der Waals surface area contributed by atoms with Crippen molar-refractivity contribution < 1.29 is 17.6 Å². The van der Waals surface area contributed by atoms with Crippen molar-refractivity contribution in [2.75, 3.05) is 33.2 Å². The largest absolute Gasteiger partial charge is 0.422 e. The van der Waals surface area contributed by atoms with E-state index in [0.717, 1.165) is 5.56 Å². The fourth-order valence-electron chi connectivity index (χ4n) is 3.45. The first-order valence-electron chi connectivity index (χ1n) is 9.93. The standard InChI is InChI=1S/C22H23N3O5S/c1-24-10-12-25(13-11-24)31(28,29)18-8-6-16(7-9-18)15-23-21(26)19-14-17-4-2-3-5-20(17)30-22(19)27/h2-9,14H,10-13,15H2,1H3,(H,23,26). The molecule has 1 saturated heterocycles. The molecule has 162 valence electrons. The third-order valence-corrected chi connectivity index (χ3v) is 7.28. The van der Waals surface area contributed by atoms with E-state index < -0.39 is 21.6 Å². The number of carbonyl (C=O) groups excluding carboxylic acids is 1. The van der Waals surface area contributed by atoms with Gasteiger partial charge in [0.15, 0.2) is 0 Å². The number of likely N-dealkylation sites (N-methyl/N-ethyl adjacent to an activating group) is 1. The number of amides is 1. The number of nitrogens with one attached hydrogen (secondary N) is 1. The summed E-state index contributed by atoms with van der Waals surface area (Å²) in [5.74, 6) is -0.548. The number of fused-ring (bicyclic) bond motifs is 1. The average molecular weight is 442 g/mol. The average Bonchev–Trinajstić information content (AvgIpc) is 2.77. The van der Waals surface area contributed by atoms with Gasteiger partial charge in [-0.2, -0.15) is 4.31 Å². The van der Waals surface area contributed by atoms with Crippen molar-refractivity contribution in [1.29, 1.82) is 0 Å². The molecule has 0 spiro atoms. The molecule has 1 aromatic heterocycles. The molecule has 2 heterocycles. The van der Waals surface area contributed by atoms with Gasteiger partial charge < -0.3 is 14.6 Å². The second kappa shape index (κ2) is 8.62. The molecule has 8 nitrogen and oxygen atoms in total. The molecule has 1 aliphatic heterocycles. The molecular weight excluding hydrogens is 418 g/mol. The van der Waals surface area contributed by atoms with Crippen molar-refractivity contribution in [2.24, 2.45) is 0 Å². The summed E-state index contributed by atoms with van der Waals surface area (Å²) >= 11 is 0. The van der Waals surface area contributed by atoms with Crippen LogP contribution in [0, 0.1) is 0 Å². The summed E-state index contributed by atoms with van der Waals surface area (Å²) in [7, 11) is -1.57. The third kappa shape index (κ3) is 4.53. The molecule has 2 aromatic carbocycles. The Balaban J connectivity index is 1.43. The Hall–Kier alpha value is -3.01. The van der Waals surface area contributed by atoms with Gasteiger partial charge in [-0.25, -0.2) is 13.2 Å². The maximum absolute atomic E-state index is 12.8. The Kier molecular flexibility index (Phi) is 5.90. The minimum absolute atomic E-state index is 0.0760. The minimum atomic E-state index is -3.54. The molecule has 0 radical (unpaired) electrons. The molecule has 0 aliphatic carbocycles. The Morgan fingerprint density at radius 2 is 1.71 bits per heavy atom. The number of hydrogen-bond acceptors (Lipinski definition) is 6. The summed E-state index contributed by atoms with van der Waals surface area (Å²) in [4.78, 5) is 26.9. The van der Waals surface area contributed by atoms with E-state index in [1.54, 1.807) is 48.5 Å². The highest BCUT2D eigenvalue weighted by molar-refractivity contribution is 7.89. The number of para-hydroxylation sites is 1. The SMILES string of the molecule is CN1CCN(S(=O)(=O)c2ccc(CNC(=O)c3cc4ccccc4oc3=O)cc2)CC1. The van der Waals surface area contributed by atoms with Crippen molar-refractivity contribution >= 4 is 26.9 Å². The third-order valence-electron chi connectivity index (χ3n) is 5.36. The van der Waals surface area contributed by atoms with Crippen LogP contribution in [0.1, 0.15) is 15.9 Å². The van der Waals surface area contributed by atoms with Crippen molar-refractivity contribution in [1.82, 2.24) is 14.5 Å². The number of sulfonamides is 1. The fraction of sp³-hybridized carbons (Fsp3) is 0.273. The Labute approximate surface area is 180 Å². The highest BCUT2D eigenvalue weighted by Crippen LogP contribution is 2.18. The predicted molar refractivity (Wildman–Crippen MR) is 116 cm³/mol. The predicted octanol–water partition coefficient (Wildman–Crippen LogP) is 1.66. The lowest BCUT2D eigenvalue weighted by atomic mass is 10.1. The van der Waals surface area contributed by atoms with Gasteiger partial charge in [0.1, 0.15) is 11.1 Å². The van der Waals surface area contributed by atoms with Crippen molar-refractivity contribution in [3.05, 3.63) is 76.1 Å². The van der Waals surface area contributed by atoms with Gasteiger partial charge >= 0.3 is 5.63 Å². The molecule has 1 aliphatic rings. The van der Waals surface area contributed by atoms with E-state index in [0.29, 0.717) is 37.1 Å². The van der Waals surface area contributed by atoms with E-state index in [1.807, 2.05) is 7.05 Å². The molecule has 0 unspecified atom stereocenters. The van der Waals surface area contributed by atoms with Gasteiger partial charge in [-0.05, 0) is 36.9 Å². The zero-order valence-corrected chi connectivity index (χ0v) is 17.9. The van der Waals surface area contributed by atoms with Crippen molar-refractivity contribution in [3.8, 4) is 0 Å². The topological polar surface area (TPSA) is 99.9 Å². The summed E-state index contributed by atoms with van der Waals surface area (Å²) in [6.07, 6.45) is 0. The van der Waals surface area contributed by atoms with Crippen molar-refractivity contribution in [2.45, 2.75) is 11.4 Å². The number of nitrogens with zero attached hydrogens (tertiary/aromatic N) is 2. The zero-order chi connectivity index (χ0) is 22.0. The molecule has 0 bridgehead atoms. The molecule has 4 rings (SSSR count).